The third kappa shape index (κ3) is 3.86. The van der Waals surface area contributed by atoms with Crippen LogP contribution in [0.25, 0.3) is 0 Å². The molecule has 0 amide bonds. The van der Waals surface area contributed by atoms with Gasteiger partial charge in [-0.25, -0.2) is 0 Å². The van der Waals surface area contributed by atoms with Crippen LogP contribution in [0.5, 0.6) is 0 Å². The molecule has 0 saturated carbocycles. The van der Waals surface area contributed by atoms with E-state index in [4.69, 9.17) is 0 Å². The summed E-state index contributed by atoms with van der Waals surface area (Å²) in [5.41, 5.74) is 0.790. The van der Waals surface area contributed by atoms with Crippen molar-refractivity contribution in [3.05, 3.63) is 29.8 Å². The van der Waals surface area contributed by atoms with Gasteiger partial charge in [-0.15, -0.1) is 11.8 Å². The highest BCUT2D eigenvalue weighted by atomic mass is 32.2. The fraction of sp³-hybridized carbons (Fsp3) is 0.500. The van der Waals surface area contributed by atoms with Gasteiger partial charge in [0.15, 0.2) is 5.78 Å². The molecule has 2 nitrogen and oxygen atoms in total. The van der Waals surface area contributed by atoms with Crippen LogP contribution in [0.15, 0.2) is 29.2 Å². The Kier molecular flexibility index (Phi) is 5.72. The van der Waals surface area contributed by atoms with Gasteiger partial charge in [-0.2, -0.15) is 0 Å². The van der Waals surface area contributed by atoms with E-state index in [1.807, 2.05) is 31.3 Å². The summed E-state index contributed by atoms with van der Waals surface area (Å²) in [5, 5.41) is 3.08. The number of thioether (sulfide) groups is 1. The molecule has 0 fully saturated rings. The molecule has 1 unspecified atom stereocenters. The minimum absolute atomic E-state index is 0.0975. The lowest BCUT2D eigenvalue weighted by Gasteiger charge is -2.18. The number of likely N-dealkylation sites (N-methyl/N-ethyl adjacent to an activating group) is 1. The van der Waals surface area contributed by atoms with Crippen LogP contribution in [-0.4, -0.2) is 24.6 Å². The number of ketones is 1. The summed E-state index contributed by atoms with van der Waals surface area (Å²) in [6.07, 6.45) is 0. The van der Waals surface area contributed by atoms with Crippen molar-refractivity contribution in [1.82, 2.24) is 5.32 Å². The zero-order valence-corrected chi connectivity index (χ0v) is 11.8. The summed E-state index contributed by atoms with van der Waals surface area (Å²) < 4.78 is 0. The van der Waals surface area contributed by atoms with Gasteiger partial charge in [0, 0.05) is 10.5 Å². The monoisotopic (exact) mass is 251 g/mol. The predicted molar refractivity (Wildman–Crippen MR) is 74.9 cm³/mol. The normalized spacial score (nSPS) is 12.8. The molecule has 0 aliphatic carbocycles. The van der Waals surface area contributed by atoms with E-state index in [2.05, 4.69) is 26.1 Å². The highest BCUT2D eigenvalue weighted by molar-refractivity contribution is 7.99. The van der Waals surface area contributed by atoms with Gasteiger partial charge >= 0.3 is 0 Å². The topological polar surface area (TPSA) is 29.1 Å². The summed E-state index contributed by atoms with van der Waals surface area (Å²) in [4.78, 5) is 13.4. The highest BCUT2D eigenvalue weighted by Gasteiger charge is 2.21. The van der Waals surface area contributed by atoms with Crippen LogP contribution in [-0.2, 0) is 0 Å². The summed E-state index contributed by atoms with van der Waals surface area (Å²) in [5.74, 6) is 1.53. The number of nitrogens with one attached hydrogen (secondary N) is 1. The number of rotatable bonds is 6. The molecule has 1 aromatic carbocycles. The number of carbonyl (C=O) groups excluding carboxylic acids is 1. The maximum atomic E-state index is 12.2. The standard InChI is InChI=1S/C14H21NOS/c1-5-17-12-8-6-11(7-9-12)14(16)13(15-4)10(2)3/h6-10,13,15H,5H2,1-4H3. The second-order valence-corrected chi connectivity index (χ2v) is 5.67. The Morgan fingerprint density at radius 3 is 2.29 bits per heavy atom. The number of benzene rings is 1. The molecule has 0 spiro atoms. The van der Waals surface area contributed by atoms with Crippen LogP contribution in [0, 0.1) is 5.92 Å². The van der Waals surface area contributed by atoms with Crippen molar-refractivity contribution in [3.8, 4) is 0 Å². The van der Waals surface area contributed by atoms with Crippen LogP contribution in [0.1, 0.15) is 31.1 Å². The lowest BCUT2D eigenvalue weighted by atomic mass is 9.95. The Hall–Kier alpha value is -0.800. The molecule has 0 heterocycles. The van der Waals surface area contributed by atoms with Crippen LogP contribution in [0.2, 0.25) is 0 Å². The molecule has 17 heavy (non-hydrogen) atoms. The van der Waals surface area contributed by atoms with E-state index in [0.29, 0.717) is 5.92 Å². The van der Waals surface area contributed by atoms with Crippen molar-refractivity contribution >= 4 is 17.5 Å². The van der Waals surface area contributed by atoms with Crippen molar-refractivity contribution in [3.63, 3.8) is 0 Å². The Labute approximate surface area is 108 Å². The van der Waals surface area contributed by atoms with E-state index in [9.17, 15) is 4.79 Å². The van der Waals surface area contributed by atoms with Crippen LogP contribution >= 0.6 is 11.8 Å². The second kappa shape index (κ2) is 6.82. The quantitative estimate of drug-likeness (QED) is 0.622. The summed E-state index contributed by atoms with van der Waals surface area (Å²) in [6, 6.07) is 7.79. The second-order valence-electron chi connectivity index (χ2n) is 4.33. The number of hydrogen-bond acceptors (Lipinski definition) is 3. The van der Waals surface area contributed by atoms with Crippen LogP contribution < -0.4 is 5.32 Å². The zero-order valence-electron chi connectivity index (χ0n) is 11.0. The Morgan fingerprint density at radius 2 is 1.88 bits per heavy atom. The summed E-state index contributed by atoms with van der Waals surface area (Å²) in [7, 11) is 1.84. The maximum absolute atomic E-state index is 12.2. The van der Waals surface area contributed by atoms with Gasteiger partial charge in [-0.1, -0.05) is 32.9 Å². The van der Waals surface area contributed by atoms with Gasteiger partial charge in [-0.3, -0.25) is 4.79 Å². The highest BCUT2D eigenvalue weighted by Crippen LogP contribution is 2.19. The first-order valence-electron chi connectivity index (χ1n) is 6.04. The summed E-state index contributed by atoms with van der Waals surface area (Å²) >= 11 is 1.79. The van der Waals surface area contributed by atoms with Gasteiger partial charge in [0.2, 0.25) is 0 Å². The molecule has 1 atom stereocenters. The summed E-state index contributed by atoms with van der Waals surface area (Å²) in [6.45, 7) is 6.24. The third-order valence-corrected chi connectivity index (χ3v) is 3.60. The van der Waals surface area contributed by atoms with Crippen LogP contribution in [0.3, 0.4) is 0 Å². The molecule has 1 N–H and O–H groups in total. The lowest BCUT2D eigenvalue weighted by molar-refractivity contribution is 0.0922. The molecule has 0 saturated heterocycles. The molecule has 0 aliphatic heterocycles. The first kappa shape index (κ1) is 14.3. The average molecular weight is 251 g/mol. The molecule has 0 radical (unpaired) electrons. The van der Waals surface area contributed by atoms with Gasteiger partial charge < -0.3 is 5.32 Å². The van der Waals surface area contributed by atoms with Crippen molar-refractivity contribution in [2.75, 3.05) is 12.8 Å². The third-order valence-electron chi connectivity index (χ3n) is 2.71. The molecule has 1 aromatic rings. The first-order chi connectivity index (χ1) is 8.10. The fourth-order valence-electron chi connectivity index (χ4n) is 1.83. The van der Waals surface area contributed by atoms with E-state index in [1.54, 1.807) is 11.8 Å². The Bertz CT molecular complexity index is 359. The van der Waals surface area contributed by atoms with Gasteiger partial charge in [0.05, 0.1) is 6.04 Å². The molecule has 1 rings (SSSR count). The van der Waals surface area contributed by atoms with Crippen molar-refractivity contribution in [2.45, 2.75) is 31.7 Å². The average Bonchev–Trinajstić information content (AvgIpc) is 2.30. The lowest BCUT2D eigenvalue weighted by Crippen LogP contribution is -2.38. The minimum atomic E-state index is -0.0975. The van der Waals surface area contributed by atoms with Crippen LogP contribution in [0.4, 0.5) is 0 Å². The molecular formula is C14H21NOS. The molecule has 3 heteroatoms. The number of carbonyl (C=O) groups is 1. The van der Waals surface area contributed by atoms with E-state index in [0.717, 1.165) is 11.3 Å². The first-order valence-corrected chi connectivity index (χ1v) is 7.03. The fourth-order valence-corrected chi connectivity index (χ4v) is 2.49. The van der Waals surface area contributed by atoms with E-state index >= 15 is 0 Å². The molecular weight excluding hydrogens is 230 g/mol. The zero-order chi connectivity index (χ0) is 12.8. The predicted octanol–water partition coefficient (Wildman–Crippen LogP) is 3.23. The molecule has 0 bridgehead atoms. The SMILES string of the molecule is CCSc1ccc(C(=O)C(NC)C(C)C)cc1. The van der Waals surface area contributed by atoms with Gasteiger partial charge in [0.1, 0.15) is 0 Å². The van der Waals surface area contributed by atoms with E-state index in [1.165, 1.54) is 4.90 Å². The molecule has 0 aliphatic rings. The van der Waals surface area contributed by atoms with Gasteiger partial charge in [-0.05, 0) is 30.9 Å². The largest absolute Gasteiger partial charge is 0.310 e. The Morgan fingerprint density at radius 1 is 1.29 bits per heavy atom. The Balaban J connectivity index is 2.81. The van der Waals surface area contributed by atoms with E-state index < -0.39 is 0 Å². The maximum Gasteiger partial charge on any atom is 0.179 e. The van der Waals surface area contributed by atoms with Crippen molar-refractivity contribution in [1.29, 1.82) is 0 Å². The molecule has 94 valence electrons. The van der Waals surface area contributed by atoms with E-state index in [-0.39, 0.29) is 11.8 Å². The minimum Gasteiger partial charge on any atom is -0.310 e. The number of hydrogen-bond donors (Lipinski definition) is 1. The van der Waals surface area contributed by atoms with Gasteiger partial charge in [0.25, 0.3) is 0 Å². The van der Waals surface area contributed by atoms with Crippen molar-refractivity contribution in [2.24, 2.45) is 5.92 Å². The van der Waals surface area contributed by atoms with Crippen molar-refractivity contribution < 1.29 is 4.79 Å². The molecule has 0 aromatic heterocycles. The smallest absolute Gasteiger partial charge is 0.179 e. The number of Topliss-reactive ketones (excluding diaryl/α,β-unsaturated/α-hetero) is 1.